The van der Waals surface area contributed by atoms with Crippen LogP contribution in [0, 0.1) is 24.7 Å². The van der Waals surface area contributed by atoms with Crippen molar-refractivity contribution in [2.24, 2.45) is 0 Å². The van der Waals surface area contributed by atoms with Gasteiger partial charge in [0.05, 0.1) is 22.9 Å². The summed E-state index contributed by atoms with van der Waals surface area (Å²) in [5, 5.41) is 8.78. The first-order chi connectivity index (χ1) is 16.8. The Hall–Kier alpha value is -2.15. The Balaban J connectivity index is 0.000000579. The summed E-state index contributed by atoms with van der Waals surface area (Å²) >= 11 is 0. The molecule has 1 aromatic heterocycles. The average Bonchev–Trinajstić information content (AvgIpc) is 2.85. The number of nitrogens with two attached hydrogens (primary N) is 1. The summed E-state index contributed by atoms with van der Waals surface area (Å²) in [6.45, 7) is 7.65. The second kappa shape index (κ2) is 20.0. The molecule has 0 aliphatic rings. The third kappa shape index (κ3) is 14.4. The van der Waals surface area contributed by atoms with Gasteiger partial charge in [0.15, 0.2) is 0 Å². The van der Waals surface area contributed by atoms with E-state index < -0.39 is 6.43 Å². The third-order valence-electron chi connectivity index (χ3n) is 4.51. The number of hydrogen-bond donors (Lipinski definition) is 1. The predicted octanol–water partition coefficient (Wildman–Crippen LogP) is 2.98. The van der Waals surface area contributed by atoms with E-state index >= 15 is 0 Å². The molecule has 0 aliphatic heterocycles. The zero-order chi connectivity index (χ0) is 26.1. The van der Waals surface area contributed by atoms with E-state index in [1.165, 1.54) is 23.5 Å². The number of carbonyl (C=O) groups is 1. The number of nitrogens with zero attached hydrogens (tertiary/aromatic N) is 3. The first-order valence-electron chi connectivity index (χ1n) is 11.2. The number of nitriles is 1. The number of pyridine rings is 1. The maximum Gasteiger partial charge on any atom is 1.00 e. The maximum absolute atomic E-state index is 12.0. The van der Waals surface area contributed by atoms with Crippen LogP contribution >= 0.6 is 0 Å². The Bertz CT molecular complexity index is 1060. The molecule has 3 aromatic rings. The van der Waals surface area contributed by atoms with Crippen LogP contribution in [0.25, 0.3) is 0 Å². The van der Waals surface area contributed by atoms with Crippen LogP contribution in [0.2, 0.25) is 0 Å². The molecule has 5 nitrogen and oxygen atoms in total. The first kappa shape index (κ1) is 33.8. The van der Waals surface area contributed by atoms with Crippen molar-refractivity contribution >= 4 is 11.6 Å². The van der Waals surface area contributed by atoms with Crippen LogP contribution in [-0.2, 0) is 6.42 Å². The molecule has 2 aromatic carbocycles. The van der Waals surface area contributed by atoms with E-state index in [0.717, 1.165) is 25.3 Å². The zero-order valence-electron chi connectivity index (χ0n) is 21.2. The molecule has 0 radical (unpaired) electrons. The number of unbranched alkanes of at least 4 members (excludes halogenated alkanes) is 1. The normalized spacial score (nSPS) is 9.47. The summed E-state index contributed by atoms with van der Waals surface area (Å²) in [5.74, 6) is -0.0838. The van der Waals surface area contributed by atoms with Gasteiger partial charge in [0.25, 0.3) is 5.91 Å². The van der Waals surface area contributed by atoms with Crippen molar-refractivity contribution in [1.29, 1.82) is 5.26 Å². The molecular weight excluding hydrogens is 485 g/mol. The molecule has 0 saturated heterocycles. The number of aromatic nitrogens is 1. The fraction of sp³-hybridized carbons (Fsp3) is 0.250. The van der Waals surface area contributed by atoms with E-state index in [4.69, 9.17) is 11.0 Å². The van der Waals surface area contributed by atoms with Gasteiger partial charge < -0.3 is 24.0 Å². The number of amides is 1. The number of hydrogen-bond acceptors (Lipinski definition) is 4. The number of benzene rings is 2. The van der Waals surface area contributed by atoms with E-state index in [0.29, 0.717) is 24.3 Å². The second-order valence-electron chi connectivity index (χ2n) is 7.45. The van der Waals surface area contributed by atoms with Crippen molar-refractivity contribution in [2.75, 3.05) is 18.8 Å². The van der Waals surface area contributed by atoms with Crippen LogP contribution < -0.4 is 57.1 Å². The fourth-order valence-electron chi connectivity index (χ4n) is 2.90. The van der Waals surface area contributed by atoms with Crippen LogP contribution in [0.5, 0.6) is 0 Å². The second-order valence-corrected chi connectivity index (χ2v) is 7.45. The SMILES string of the molecule is CC(F)F.N#Cc1cccc(Cc2ccccc2)c1.[CH2-]CN(C[CH-]CC)C(=O)c1cncc(N)c1.[K+]. The minimum Gasteiger partial charge on any atom is -0.398 e. The van der Waals surface area contributed by atoms with Crippen LogP contribution in [0.3, 0.4) is 0 Å². The molecule has 0 atom stereocenters. The standard InChI is InChI=1S/C14H11N.C12H17N3O.C2H4F2.K/c15-11-14-8-4-7-13(10-14)9-12-5-2-1-3-6-12;1-3-5-6-15(4-2)12(16)10-7-11(13)9-14-8-10;1-2(3)4;/h1-8,10H,9H2;5,7-9H,2-4,6,13H2,1H3;2H,1H3;/q;-2;;+1. The molecule has 3 rings (SSSR count). The molecule has 0 spiro atoms. The molecular formula is C28H32F2KN4O-. The number of alkyl halides is 2. The van der Waals surface area contributed by atoms with Gasteiger partial charge in [-0.05, 0) is 42.7 Å². The third-order valence-corrected chi connectivity index (χ3v) is 4.51. The number of rotatable bonds is 7. The van der Waals surface area contributed by atoms with Gasteiger partial charge in [0.1, 0.15) is 0 Å². The van der Waals surface area contributed by atoms with Crippen molar-refractivity contribution < 1.29 is 65.0 Å². The Morgan fingerprint density at radius 3 is 2.33 bits per heavy atom. The Kier molecular flexibility index (Phi) is 18.8. The summed E-state index contributed by atoms with van der Waals surface area (Å²) in [7, 11) is 0. The van der Waals surface area contributed by atoms with E-state index in [1.54, 1.807) is 11.0 Å². The Morgan fingerprint density at radius 1 is 1.14 bits per heavy atom. The maximum atomic E-state index is 12.0. The van der Waals surface area contributed by atoms with Crippen LogP contribution in [-0.4, -0.2) is 35.3 Å². The molecule has 1 heterocycles. The number of carbonyl (C=O) groups excluding carboxylic acids is 1. The first-order valence-corrected chi connectivity index (χ1v) is 11.2. The molecule has 0 saturated carbocycles. The van der Waals surface area contributed by atoms with Gasteiger partial charge in [-0.1, -0.05) is 49.4 Å². The number of nitrogen functional groups attached to an aromatic ring is 1. The van der Waals surface area contributed by atoms with Gasteiger partial charge in [-0.25, -0.2) is 8.78 Å². The van der Waals surface area contributed by atoms with Gasteiger partial charge in [-0.2, -0.15) is 11.7 Å². The zero-order valence-corrected chi connectivity index (χ0v) is 24.3. The van der Waals surface area contributed by atoms with Gasteiger partial charge >= 0.3 is 51.4 Å². The summed E-state index contributed by atoms with van der Waals surface area (Å²) in [6, 6.07) is 21.8. The van der Waals surface area contributed by atoms with Gasteiger partial charge in [-0.15, -0.1) is 13.1 Å². The fourth-order valence-corrected chi connectivity index (χ4v) is 2.90. The van der Waals surface area contributed by atoms with E-state index in [9.17, 15) is 13.6 Å². The minimum atomic E-state index is -2.17. The Labute approximate surface area is 256 Å². The summed E-state index contributed by atoms with van der Waals surface area (Å²) in [6.07, 6.45) is 4.72. The molecule has 1 amide bonds. The topological polar surface area (TPSA) is 83.0 Å². The van der Waals surface area contributed by atoms with Crippen molar-refractivity contribution in [3.63, 3.8) is 0 Å². The van der Waals surface area contributed by atoms with Crippen LogP contribution in [0.15, 0.2) is 73.1 Å². The number of halogens is 2. The van der Waals surface area contributed by atoms with E-state index in [2.05, 4.69) is 30.1 Å². The summed E-state index contributed by atoms with van der Waals surface area (Å²) in [5.41, 5.74) is 9.76. The van der Waals surface area contributed by atoms with E-state index in [-0.39, 0.29) is 57.3 Å². The Morgan fingerprint density at radius 2 is 1.78 bits per heavy atom. The van der Waals surface area contributed by atoms with Gasteiger partial charge in [0, 0.05) is 12.4 Å². The van der Waals surface area contributed by atoms with Crippen LogP contribution in [0.4, 0.5) is 14.5 Å². The predicted molar refractivity (Wildman–Crippen MR) is 137 cm³/mol. The minimum absolute atomic E-state index is 0. The average molecular weight is 518 g/mol. The van der Waals surface area contributed by atoms with Crippen molar-refractivity contribution in [2.45, 2.75) is 33.1 Å². The molecule has 36 heavy (non-hydrogen) atoms. The van der Waals surface area contributed by atoms with Gasteiger partial charge in [0.2, 0.25) is 6.43 Å². The largest absolute Gasteiger partial charge is 1.00 e. The van der Waals surface area contributed by atoms with Crippen LogP contribution in [0.1, 0.15) is 47.3 Å². The van der Waals surface area contributed by atoms with Crippen molar-refractivity contribution in [1.82, 2.24) is 9.88 Å². The van der Waals surface area contributed by atoms with Crippen molar-refractivity contribution in [3.05, 3.63) is 109 Å². The molecule has 2 N–H and O–H groups in total. The van der Waals surface area contributed by atoms with Gasteiger partial charge in [-0.3, -0.25) is 9.78 Å². The smallest absolute Gasteiger partial charge is 0.398 e. The monoisotopic (exact) mass is 517 g/mol. The molecule has 8 heteroatoms. The quantitative estimate of drug-likeness (QED) is 0.386. The number of anilines is 1. The molecule has 186 valence electrons. The van der Waals surface area contributed by atoms with Crippen molar-refractivity contribution in [3.8, 4) is 6.07 Å². The molecule has 0 bridgehead atoms. The summed E-state index contributed by atoms with van der Waals surface area (Å²) < 4.78 is 20.7. The molecule has 0 aliphatic carbocycles. The molecule has 0 fully saturated rings. The summed E-state index contributed by atoms with van der Waals surface area (Å²) in [4.78, 5) is 17.6. The van der Waals surface area contributed by atoms with E-state index in [1.807, 2.05) is 55.8 Å². The molecule has 0 unspecified atom stereocenters.